The van der Waals surface area contributed by atoms with Crippen LogP contribution < -0.4 is 5.73 Å². The van der Waals surface area contributed by atoms with Crippen LogP contribution in [0.4, 0.5) is 26.3 Å². The zero-order valence-corrected chi connectivity index (χ0v) is 11.7. The molecule has 1 aromatic carbocycles. The second-order valence-electron chi connectivity index (χ2n) is 4.34. The Labute approximate surface area is 119 Å². The molecular formula is C12H13F6NOS. The minimum Gasteiger partial charge on any atom is -0.323 e. The van der Waals surface area contributed by atoms with Crippen molar-refractivity contribution in [3.63, 3.8) is 0 Å². The minimum absolute atomic E-state index is 0.0347. The van der Waals surface area contributed by atoms with Gasteiger partial charge in [0.05, 0.1) is 11.1 Å². The molecule has 0 aromatic heterocycles. The molecule has 0 saturated carbocycles. The first kappa shape index (κ1) is 18.0. The van der Waals surface area contributed by atoms with E-state index in [0.29, 0.717) is 12.1 Å². The Morgan fingerprint density at radius 3 is 1.81 bits per heavy atom. The maximum Gasteiger partial charge on any atom is 0.416 e. The number of halogens is 6. The van der Waals surface area contributed by atoms with Crippen molar-refractivity contribution < 1.29 is 30.6 Å². The highest BCUT2D eigenvalue weighted by molar-refractivity contribution is 7.84. The molecule has 0 amide bonds. The van der Waals surface area contributed by atoms with Gasteiger partial charge in [0.25, 0.3) is 0 Å². The van der Waals surface area contributed by atoms with Gasteiger partial charge >= 0.3 is 12.4 Å². The molecule has 9 heteroatoms. The molecule has 120 valence electrons. The van der Waals surface area contributed by atoms with Crippen molar-refractivity contribution in [2.24, 2.45) is 5.73 Å². The number of hydrogen-bond acceptors (Lipinski definition) is 2. The molecule has 21 heavy (non-hydrogen) atoms. The van der Waals surface area contributed by atoms with Crippen LogP contribution in [0.5, 0.6) is 0 Å². The van der Waals surface area contributed by atoms with E-state index in [1.807, 2.05) is 0 Å². The SMILES string of the molecule is CCS(=O)CC(N)c1cc(C(F)(F)F)cc(C(F)(F)F)c1. The lowest BCUT2D eigenvalue weighted by Gasteiger charge is -2.17. The molecule has 0 heterocycles. The summed E-state index contributed by atoms with van der Waals surface area (Å²) in [4.78, 5) is 0. The van der Waals surface area contributed by atoms with Gasteiger partial charge in [-0.15, -0.1) is 0 Å². The predicted octanol–water partition coefficient (Wildman–Crippen LogP) is 3.49. The van der Waals surface area contributed by atoms with Gasteiger partial charge in [0.2, 0.25) is 0 Å². The standard InChI is InChI=1S/C12H13F6NOS/c1-2-21(20)6-10(19)7-3-8(11(13,14)15)5-9(4-7)12(16,17)18/h3-5,10H,2,6,19H2,1H3. The predicted molar refractivity (Wildman–Crippen MR) is 66.9 cm³/mol. The lowest BCUT2D eigenvalue weighted by atomic mass is 10.0. The van der Waals surface area contributed by atoms with E-state index in [-0.39, 0.29) is 23.1 Å². The summed E-state index contributed by atoms with van der Waals surface area (Å²) in [5.41, 5.74) is 2.38. The summed E-state index contributed by atoms with van der Waals surface area (Å²) < 4.78 is 87.3. The molecule has 0 aliphatic carbocycles. The molecule has 0 aliphatic rings. The van der Waals surface area contributed by atoms with Crippen molar-refractivity contribution >= 4 is 10.8 Å². The van der Waals surface area contributed by atoms with Crippen molar-refractivity contribution in [2.45, 2.75) is 25.3 Å². The average molecular weight is 333 g/mol. The lowest BCUT2D eigenvalue weighted by Crippen LogP contribution is -2.21. The number of alkyl halides is 6. The second-order valence-corrected chi connectivity index (χ2v) is 6.13. The third-order valence-corrected chi connectivity index (χ3v) is 4.10. The highest BCUT2D eigenvalue weighted by Gasteiger charge is 2.37. The van der Waals surface area contributed by atoms with Gasteiger partial charge in [-0.2, -0.15) is 26.3 Å². The molecule has 2 nitrogen and oxygen atoms in total. The summed E-state index contributed by atoms with van der Waals surface area (Å²) in [6, 6.07) is 0.00110. The van der Waals surface area contributed by atoms with E-state index < -0.39 is 40.3 Å². The molecule has 0 aliphatic heterocycles. The van der Waals surface area contributed by atoms with Crippen LogP contribution in [-0.2, 0) is 23.2 Å². The van der Waals surface area contributed by atoms with Crippen LogP contribution in [0.1, 0.15) is 29.7 Å². The molecule has 2 atom stereocenters. The largest absolute Gasteiger partial charge is 0.416 e. The number of benzene rings is 1. The van der Waals surface area contributed by atoms with Crippen LogP contribution in [0.3, 0.4) is 0 Å². The number of hydrogen-bond donors (Lipinski definition) is 1. The molecule has 2 unspecified atom stereocenters. The summed E-state index contributed by atoms with van der Waals surface area (Å²) in [6.07, 6.45) is -9.83. The third kappa shape index (κ3) is 4.99. The van der Waals surface area contributed by atoms with E-state index in [2.05, 4.69) is 0 Å². The summed E-state index contributed by atoms with van der Waals surface area (Å²) >= 11 is 0. The summed E-state index contributed by atoms with van der Waals surface area (Å²) in [7, 11) is -1.40. The van der Waals surface area contributed by atoms with Gasteiger partial charge in [-0.3, -0.25) is 4.21 Å². The van der Waals surface area contributed by atoms with Crippen molar-refractivity contribution in [3.8, 4) is 0 Å². The fourth-order valence-electron chi connectivity index (χ4n) is 1.61. The van der Waals surface area contributed by atoms with Gasteiger partial charge in [0.1, 0.15) is 0 Å². The van der Waals surface area contributed by atoms with E-state index in [1.165, 1.54) is 0 Å². The van der Waals surface area contributed by atoms with Crippen LogP contribution in [0, 0.1) is 0 Å². The monoisotopic (exact) mass is 333 g/mol. The van der Waals surface area contributed by atoms with E-state index in [0.717, 1.165) is 0 Å². The molecule has 1 rings (SSSR count). The van der Waals surface area contributed by atoms with Crippen LogP contribution in [0.25, 0.3) is 0 Å². The van der Waals surface area contributed by atoms with Crippen LogP contribution in [0.15, 0.2) is 18.2 Å². The zero-order chi connectivity index (χ0) is 16.4. The van der Waals surface area contributed by atoms with E-state index in [1.54, 1.807) is 6.92 Å². The van der Waals surface area contributed by atoms with E-state index >= 15 is 0 Å². The van der Waals surface area contributed by atoms with Crippen LogP contribution >= 0.6 is 0 Å². The first-order valence-corrected chi connectivity index (χ1v) is 7.34. The van der Waals surface area contributed by atoms with Gasteiger partial charge in [-0.1, -0.05) is 6.92 Å². The van der Waals surface area contributed by atoms with Crippen LogP contribution in [-0.4, -0.2) is 15.7 Å². The molecular weight excluding hydrogens is 320 g/mol. The highest BCUT2D eigenvalue weighted by atomic mass is 32.2. The molecule has 0 bridgehead atoms. The van der Waals surface area contributed by atoms with Gasteiger partial charge in [-0.25, -0.2) is 0 Å². The maximum atomic E-state index is 12.7. The highest BCUT2D eigenvalue weighted by Crippen LogP contribution is 2.37. The first-order valence-electron chi connectivity index (χ1n) is 5.85. The van der Waals surface area contributed by atoms with Crippen molar-refractivity contribution in [2.75, 3.05) is 11.5 Å². The molecule has 2 N–H and O–H groups in total. The summed E-state index contributed by atoms with van der Waals surface area (Å²) in [5, 5.41) is 0. The van der Waals surface area contributed by atoms with Gasteiger partial charge in [-0.05, 0) is 23.8 Å². The smallest absolute Gasteiger partial charge is 0.323 e. The Morgan fingerprint density at radius 1 is 1.05 bits per heavy atom. The third-order valence-electron chi connectivity index (χ3n) is 2.73. The Balaban J connectivity index is 3.28. The maximum absolute atomic E-state index is 12.7. The lowest BCUT2D eigenvalue weighted by molar-refractivity contribution is -0.143. The van der Waals surface area contributed by atoms with E-state index in [4.69, 9.17) is 5.73 Å². The van der Waals surface area contributed by atoms with Crippen molar-refractivity contribution in [3.05, 3.63) is 34.9 Å². The average Bonchev–Trinajstić information content (AvgIpc) is 2.35. The molecule has 1 aromatic rings. The molecule has 0 spiro atoms. The van der Waals surface area contributed by atoms with Crippen molar-refractivity contribution in [1.29, 1.82) is 0 Å². The molecule has 0 saturated heterocycles. The zero-order valence-electron chi connectivity index (χ0n) is 10.9. The summed E-state index contributed by atoms with van der Waals surface area (Å²) in [6.45, 7) is 1.58. The Morgan fingerprint density at radius 2 is 1.48 bits per heavy atom. The summed E-state index contributed by atoms with van der Waals surface area (Å²) in [5.74, 6) is 0.0217. The fraction of sp³-hybridized carbons (Fsp3) is 0.500. The number of rotatable bonds is 4. The van der Waals surface area contributed by atoms with Gasteiger partial charge < -0.3 is 5.73 Å². The van der Waals surface area contributed by atoms with Crippen molar-refractivity contribution in [1.82, 2.24) is 0 Å². The van der Waals surface area contributed by atoms with Crippen LogP contribution in [0.2, 0.25) is 0 Å². The Bertz CT molecular complexity index is 493. The second kappa shape index (κ2) is 6.35. The topological polar surface area (TPSA) is 43.1 Å². The number of nitrogens with two attached hydrogens (primary N) is 1. The Hall–Kier alpha value is -1.09. The minimum atomic E-state index is -4.92. The van der Waals surface area contributed by atoms with Gasteiger partial charge in [0, 0.05) is 28.3 Å². The Kier molecular flexibility index (Phi) is 5.43. The first-order chi connectivity index (χ1) is 9.45. The van der Waals surface area contributed by atoms with E-state index in [9.17, 15) is 30.6 Å². The fourth-order valence-corrected chi connectivity index (χ4v) is 2.44. The quantitative estimate of drug-likeness (QED) is 0.857. The van der Waals surface area contributed by atoms with Gasteiger partial charge in [0.15, 0.2) is 0 Å². The normalized spacial score (nSPS) is 15.8. The molecule has 0 fully saturated rings. The molecule has 0 radical (unpaired) electrons.